The lowest BCUT2D eigenvalue weighted by atomic mass is 9.54. The first-order valence-corrected chi connectivity index (χ1v) is 8.86. The van der Waals surface area contributed by atoms with Crippen LogP contribution in [0.5, 0.6) is 0 Å². The Kier molecular flexibility index (Phi) is 4.12. The lowest BCUT2D eigenvalue weighted by Crippen LogP contribution is -2.58. The van der Waals surface area contributed by atoms with Gasteiger partial charge in [-0.15, -0.1) is 0 Å². The molecule has 0 amide bonds. The molecule has 2 heterocycles. The Bertz CT molecular complexity index is 1020. The zero-order chi connectivity index (χ0) is 19.8. The molecule has 6 nitrogen and oxygen atoms in total. The number of nitrogens with zero attached hydrogens (tertiary/aromatic N) is 3. The van der Waals surface area contributed by atoms with Crippen molar-refractivity contribution in [3.05, 3.63) is 71.8 Å². The predicted molar refractivity (Wildman–Crippen MR) is 98.5 cm³/mol. The largest absolute Gasteiger partial charge is 0.450 e. The zero-order valence-electron chi connectivity index (χ0n) is 14.9. The average molecular weight is 368 g/mol. The fourth-order valence-corrected chi connectivity index (χ4v) is 4.32. The molecule has 6 heteroatoms. The third-order valence-electron chi connectivity index (χ3n) is 5.69. The van der Waals surface area contributed by atoms with Crippen LogP contribution in [0, 0.1) is 50.2 Å². The van der Waals surface area contributed by atoms with E-state index in [9.17, 15) is 15.8 Å². The van der Waals surface area contributed by atoms with Gasteiger partial charge in [0, 0.05) is 6.42 Å². The monoisotopic (exact) mass is 368 g/mol. The number of hydrogen-bond donors (Lipinski definition) is 1. The molecule has 0 aliphatic carbocycles. The molecule has 4 atom stereocenters. The fourth-order valence-electron chi connectivity index (χ4n) is 4.32. The van der Waals surface area contributed by atoms with Crippen LogP contribution in [-0.4, -0.2) is 18.3 Å². The Labute approximate surface area is 162 Å². The molecule has 2 saturated heterocycles. The third-order valence-corrected chi connectivity index (χ3v) is 5.69. The number of ether oxygens (including phenoxy) is 2. The Morgan fingerprint density at radius 2 is 1.50 bits per heavy atom. The topological polar surface area (TPSA) is 114 Å². The van der Waals surface area contributed by atoms with Gasteiger partial charge in [0.05, 0.1) is 30.2 Å². The number of fused-ring (bicyclic) bond motifs is 2. The van der Waals surface area contributed by atoms with Crippen LogP contribution < -0.4 is 0 Å². The van der Waals surface area contributed by atoms with Gasteiger partial charge in [0.2, 0.25) is 12.2 Å². The summed E-state index contributed by atoms with van der Waals surface area (Å²) >= 11 is 0. The Morgan fingerprint density at radius 1 is 0.893 bits per heavy atom. The van der Waals surface area contributed by atoms with E-state index in [0.717, 1.165) is 5.56 Å². The second kappa shape index (κ2) is 6.50. The summed E-state index contributed by atoms with van der Waals surface area (Å²) in [5.41, 5.74) is -2.06. The van der Waals surface area contributed by atoms with Crippen molar-refractivity contribution in [2.24, 2.45) is 10.8 Å². The molecule has 0 radical (unpaired) electrons. The smallest absolute Gasteiger partial charge is 0.210 e. The fraction of sp³-hybridized carbons (Fsp3) is 0.273. The van der Waals surface area contributed by atoms with Crippen LogP contribution in [0.1, 0.15) is 17.0 Å². The Balaban J connectivity index is 1.89. The third kappa shape index (κ3) is 2.18. The minimum Gasteiger partial charge on any atom is -0.450 e. The summed E-state index contributed by atoms with van der Waals surface area (Å²) in [4.78, 5) is 0. The zero-order valence-corrected chi connectivity index (χ0v) is 14.9. The van der Waals surface area contributed by atoms with Gasteiger partial charge in [-0.25, -0.2) is 0 Å². The highest BCUT2D eigenvalue weighted by atomic mass is 16.7. The summed E-state index contributed by atoms with van der Waals surface area (Å²) in [5.74, 6) is -1.12. The van der Waals surface area contributed by atoms with Gasteiger partial charge in [-0.05, 0) is 11.1 Å². The second-order valence-corrected chi connectivity index (χ2v) is 6.97. The van der Waals surface area contributed by atoms with Crippen LogP contribution in [-0.2, 0) is 15.9 Å². The van der Waals surface area contributed by atoms with Gasteiger partial charge < -0.3 is 9.47 Å². The SMILES string of the molecule is N#CC1(C#N)C(Cc2ccccc2)OC2OC(=N)C1(C#N)C2c1ccccc1. The number of rotatable bonds is 3. The maximum atomic E-state index is 10.2. The quantitative estimate of drug-likeness (QED) is 0.893. The van der Waals surface area contributed by atoms with Crippen LogP contribution in [0.3, 0.4) is 0 Å². The summed E-state index contributed by atoms with van der Waals surface area (Å²) in [6.07, 6.45) is -1.55. The van der Waals surface area contributed by atoms with E-state index in [2.05, 4.69) is 18.2 Å². The first-order chi connectivity index (χ1) is 13.6. The number of benzene rings is 2. The molecule has 0 spiro atoms. The van der Waals surface area contributed by atoms with E-state index >= 15 is 0 Å². The number of hydrogen-bond acceptors (Lipinski definition) is 6. The highest BCUT2D eigenvalue weighted by Crippen LogP contribution is 2.62. The van der Waals surface area contributed by atoms with Gasteiger partial charge in [0.25, 0.3) is 0 Å². The Hall–Kier alpha value is -3.66. The first-order valence-electron chi connectivity index (χ1n) is 8.86. The van der Waals surface area contributed by atoms with Crippen molar-refractivity contribution in [3.8, 4) is 18.2 Å². The highest BCUT2D eigenvalue weighted by molar-refractivity contribution is 5.89. The molecule has 28 heavy (non-hydrogen) atoms. The van der Waals surface area contributed by atoms with E-state index in [0.29, 0.717) is 5.56 Å². The van der Waals surface area contributed by atoms with Gasteiger partial charge in [-0.1, -0.05) is 60.7 Å². The summed E-state index contributed by atoms with van der Waals surface area (Å²) < 4.78 is 11.7. The summed E-state index contributed by atoms with van der Waals surface area (Å²) in [6.45, 7) is 0. The second-order valence-electron chi connectivity index (χ2n) is 6.97. The molecule has 2 aliphatic heterocycles. The van der Waals surface area contributed by atoms with E-state index in [1.54, 1.807) is 24.3 Å². The van der Waals surface area contributed by atoms with E-state index in [4.69, 9.17) is 14.9 Å². The first kappa shape index (κ1) is 17.7. The van der Waals surface area contributed by atoms with Crippen molar-refractivity contribution in [3.63, 3.8) is 0 Å². The van der Waals surface area contributed by atoms with Crippen molar-refractivity contribution in [1.82, 2.24) is 0 Å². The molecule has 0 aromatic heterocycles. The summed E-state index contributed by atoms with van der Waals surface area (Å²) in [7, 11) is 0. The minimum atomic E-state index is -1.89. The van der Waals surface area contributed by atoms with E-state index < -0.39 is 29.1 Å². The van der Waals surface area contributed by atoms with E-state index in [-0.39, 0.29) is 12.3 Å². The van der Waals surface area contributed by atoms with E-state index in [1.807, 2.05) is 36.4 Å². The van der Waals surface area contributed by atoms with Gasteiger partial charge in [-0.2, -0.15) is 15.8 Å². The maximum Gasteiger partial charge on any atom is 0.210 e. The lowest BCUT2D eigenvalue weighted by molar-refractivity contribution is -0.179. The summed E-state index contributed by atoms with van der Waals surface area (Å²) in [6, 6.07) is 24.6. The van der Waals surface area contributed by atoms with Crippen LogP contribution in [0.2, 0.25) is 0 Å². The van der Waals surface area contributed by atoms with Crippen molar-refractivity contribution in [2.45, 2.75) is 24.7 Å². The predicted octanol–water partition coefficient (Wildman–Crippen LogP) is 3.29. The van der Waals surface area contributed by atoms with Gasteiger partial charge in [0.15, 0.2) is 10.8 Å². The van der Waals surface area contributed by atoms with Crippen molar-refractivity contribution >= 4 is 5.90 Å². The molecule has 1 N–H and O–H groups in total. The normalized spacial score (nSPS) is 29.8. The standard InChI is InChI=1S/C22H16N4O2/c23-12-21(13-24)17(11-15-7-3-1-4-8-15)27-19-18(16-9-5-2-6-10-16)22(21,14-25)20(26)28-19/h1-10,17-19,26H,11H2. The molecule has 2 aromatic carbocycles. The molecule has 2 aliphatic rings. The maximum absolute atomic E-state index is 10.2. The molecular formula is C22H16N4O2. The lowest BCUT2D eigenvalue weighted by Gasteiger charge is -2.45. The minimum absolute atomic E-state index is 0.264. The van der Waals surface area contributed by atoms with Crippen molar-refractivity contribution in [2.75, 3.05) is 0 Å². The van der Waals surface area contributed by atoms with Crippen LogP contribution >= 0.6 is 0 Å². The molecule has 136 valence electrons. The average Bonchev–Trinajstić information content (AvgIpc) is 2.98. The van der Waals surface area contributed by atoms with Crippen molar-refractivity contribution in [1.29, 1.82) is 21.2 Å². The van der Waals surface area contributed by atoms with Gasteiger partial charge in [0.1, 0.15) is 0 Å². The van der Waals surface area contributed by atoms with Gasteiger partial charge in [-0.3, -0.25) is 5.41 Å². The van der Waals surface area contributed by atoms with E-state index in [1.165, 1.54) is 0 Å². The summed E-state index contributed by atoms with van der Waals surface area (Å²) in [5, 5.41) is 38.9. The molecule has 2 aromatic rings. The Morgan fingerprint density at radius 3 is 2.07 bits per heavy atom. The van der Waals surface area contributed by atoms with Crippen LogP contribution in [0.4, 0.5) is 0 Å². The molecule has 2 bridgehead atoms. The molecule has 4 unspecified atom stereocenters. The van der Waals surface area contributed by atoms with Crippen LogP contribution in [0.15, 0.2) is 60.7 Å². The number of nitriles is 3. The molecule has 2 fully saturated rings. The molecule has 0 saturated carbocycles. The van der Waals surface area contributed by atoms with Crippen molar-refractivity contribution < 1.29 is 9.47 Å². The number of nitrogens with one attached hydrogen (secondary N) is 1. The van der Waals surface area contributed by atoms with Crippen LogP contribution in [0.25, 0.3) is 0 Å². The van der Waals surface area contributed by atoms with Gasteiger partial charge >= 0.3 is 0 Å². The molecule has 4 rings (SSSR count). The molecular weight excluding hydrogens is 352 g/mol. The highest BCUT2D eigenvalue weighted by Gasteiger charge is 2.75.